The van der Waals surface area contributed by atoms with Crippen LogP contribution in [0.15, 0.2) is 24.3 Å². The molecule has 1 aromatic rings. The van der Waals surface area contributed by atoms with E-state index < -0.39 is 0 Å². The third kappa shape index (κ3) is 3.78. The van der Waals surface area contributed by atoms with Crippen LogP contribution in [0, 0.1) is 6.92 Å². The van der Waals surface area contributed by atoms with Gasteiger partial charge in [-0.3, -0.25) is 9.69 Å². The van der Waals surface area contributed by atoms with Crippen LogP contribution in [0.2, 0.25) is 0 Å². The summed E-state index contributed by atoms with van der Waals surface area (Å²) in [6.07, 6.45) is 0. The molecular weight excluding hydrogens is 240 g/mol. The number of nitrogens with zero attached hydrogens (tertiary/aromatic N) is 2. The molecule has 1 fully saturated rings. The number of aryl methyl sites for hydroxylation is 1. The van der Waals surface area contributed by atoms with Crippen LogP contribution in [-0.4, -0.2) is 50.2 Å². The molecule has 4 heteroatoms. The maximum Gasteiger partial charge on any atom is 0.241 e. The van der Waals surface area contributed by atoms with Crippen LogP contribution >= 0.6 is 0 Å². The summed E-state index contributed by atoms with van der Waals surface area (Å²) in [7, 11) is 0. The molecule has 1 saturated heterocycles. The molecule has 19 heavy (non-hydrogen) atoms. The van der Waals surface area contributed by atoms with Gasteiger partial charge in [0.05, 0.1) is 19.8 Å². The molecule has 104 valence electrons. The Morgan fingerprint density at radius 1 is 1.37 bits per heavy atom. The highest BCUT2D eigenvalue weighted by atomic mass is 16.5. The highest BCUT2D eigenvalue weighted by Gasteiger charge is 2.19. The topological polar surface area (TPSA) is 32.8 Å². The number of likely N-dealkylation sites (N-methyl/N-ethyl adjacent to an activating group) is 1. The summed E-state index contributed by atoms with van der Waals surface area (Å²) in [5, 5.41) is 0. The normalized spacial score (nSPS) is 16.3. The average Bonchev–Trinajstić information content (AvgIpc) is 2.41. The van der Waals surface area contributed by atoms with Gasteiger partial charge < -0.3 is 9.64 Å². The molecule has 0 saturated carbocycles. The first kappa shape index (κ1) is 14.0. The quantitative estimate of drug-likeness (QED) is 0.827. The Labute approximate surface area is 115 Å². The maximum atomic E-state index is 12.4. The zero-order chi connectivity index (χ0) is 13.7. The van der Waals surface area contributed by atoms with Crippen LogP contribution in [0.25, 0.3) is 0 Å². The van der Waals surface area contributed by atoms with Crippen molar-refractivity contribution in [1.82, 2.24) is 4.90 Å². The summed E-state index contributed by atoms with van der Waals surface area (Å²) in [5.41, 5.74) is 2.16. The van der Waals surface area contributed by atoms with E-state index in [2.05, 4.69) is 11.0 Å². The lowest BCUT2D eigenvalue weighted by Gasteiger charge is -2.29. The van der Waals surface area contributed by atoms with Crippen molar-refractivity contribution in [1.29, 1.82) is 0 Å². The highest BCUT2D eigenvalue weighted by molar-refractivity contribution is 5.94. The van der Waals surface area contributed by atoms with Crippen LogP contribution in [0.1, 0.15) is 12.5 Å². The van der Waals surface area contributed by atoms with E-state index in [9.17, 15) is 4.79 Å². The molecule has 0 spiro atoms. The molecule has 0 aromatic heterocycles. The van der Waals surface area contributed by atoms with Gasteiger partial charge in [-0.05, 0) is 31.5 Å². The van der Waals surface area contributed by atoms with Crippen molar-refractivity contribution in [2.45, 2.75) is 13.8 Å². The second kappa shape index (κ2) is 6.68. The summed E-state index contributed by atoms with van der Waals surface area (Å²) in [6.45, 7) is 8.38. The number of hydrogen-bond donors (Lipinski definition) is 0. The monoisotopic (exact) mass is 262 g/mol. The molecule has 0 aliphatic carbocycles. The molecule has 0 bridgehead atoms. The SMILES string of the molecule is CCN(C(=O)CN1CCOCC1)c1cccc(C)c1. The number of benzene rings is 1. The second-order valence-corrected chi connectivity index (χ2v) is 4.87. The van der Waals surface area contributed by atoms with E-state index in [0.717, 1.165) is 32.0 Å². The molecule has 1 aromatic carbocycles. The number of hydrogen-bond acceptors (Lipinski definition) is 3. The fourth-order valence-electron chi connectivity index (χ4n) is 2.33. The first-order chi connectivity index (χ1) is 9.20. The van der Waals surface area contributed by atoms with Gasteiger partial charge in [0, 0.05) is 25.3 Å². The molecule has 2 rings (SSSR count). The lowest BCUT2D eigenvalue weighted by Crippen LogP contribution is -2.44. The third-order valence-corrected chi connectivity index (χ3v) is 3.39. The largest absolute Gasteiger partial charge is 0.379 e. The van der Waals surface area contributed by atoms with Crippen molar-refractivity contribution in [2.24, 2.45) is 0 Å². The zero-order valence-electron chi connectivity index (χ0n) is 11.8. The lowest BCUT2D eigenvalue weighted by molar-refractivity contribution is -0.120. The minimum Gasteiger partial charge on any atom is -0.379 e. The molecule has 1 aliphatic heterocycles. The number of anilines is 1. The predicted octanol–water partition coefficient (Wildman–Crippen LogP) is 1.68. The minimum atomic E-state index is 0.162. The van der Waals surface area contributed by atoms with Crippen LogP contribution < -0.4 is 4.90 Å². The first-order valence-electron chi connectivity index (χ1n) is 6.88. The lowest BCUT2D eigenvalue weighted by atomic mass is 10.2. The highest BCUT2D eigenvalue weighted by Crippen LogP contribution is 2.16. The molecule has 0 radical (unpaired) electrons. The van der Waals surface area contributed by atoms with E-state index in [-0.39, 0.29) is 5.91 Å². The van der Waals surface area contributed by atoms with E-state index in [4.69, 9.17) is 4.74 Å². The Kier molecular flexibility index (Phi) is 4.93. The Balaban J connectivity index is 2.02. The second-order valence-electron chi connectivity index (χ2n) is 4.87. The molecular formula is C15H22N2O2. The number of carbonyl (C=O) groups is 1. The van der Waals surface area contributed by atoms with Gasteiger partial charge in [0.15, 0.2) is 0 Å². The van der Waals surface area contributed by atoms with Gasteiger partial charge in [-0.2, -0.15) is 0 Å². The zero-order valence-corrected chi connectivity index (χ0v) is 11.8. The molecule has 1 heterocycles. The number of rotatable bonds is 4. The smallest absolute Gasteiger partial charge is 0.241 e. The Morgan fingerprint density at radius 2 is 2.11 bits per heavy atom. The van der Waals surface area contributed by atoms with Crippen molar-refractivity contribution in [3.8, 4) is 0 Å². The molecule has 0 atom stereocenters. The molecule has 4 nitrogen and oxygen atoms in total. The number of ether oxygens (including phenoxy) is 1. The fraction of sp³-hybridized carbons (Fsp3) is 0.533. The molecule has 0 unspecified atom stereocenters. The van der Waals surface area contributed by atoms with Crippen molar-refractivity contribution in [2.75, 3.05) is 44.3 Å². The minimum absolute atomic E-state index is 0.162. The van der Waals surface area contributed by atoms with E-state index in [0.29, 0.717) is 13.1 Å². The van der Waals surface area contributed by atoms with E-state index in [1.54, 1.807) is 0 Å². The van der Waals surface area contributed by atoms with Crippen molar-refractivity contribution >= 4 is 11.6 Å². The molecule has 1 amide bonds. The van der Waals surface area contributed by atoms with Gasteiger partial charge in [0.2, 0.25) is 5.91 Å². The standard InChI is InChI=1S/C15H22N2O2/c1-3-17(14-6-4-5-13(2)11-14)15(18)12-16-7-9-19-10-8-16/h4-6,11H,3,7-10,12H2,1-2H3. The summed E-state index contributed by atoms with van der Waals surface area (Å²) in [4.78, 5) is 16.4. The van der Waals surface area contributed by atoms with Crippen LogP contribution in [0.3, 0.4) is 0 Å². The van der Waals surface area contributed by atoms with E-state index >= 15 is 0 Å². The fourth-order valence-corrected chi connectivity index (χ4v) is 2.33. The van der Waals surface area contributed by atoms with E-state index in [1.807, 2.05) is 36.9 Å². The Morgan fingerprint density at radius 3 is 2.74 bits per heavy atom. The number of morpholine rings is 1. The summed E-state index contributed by atoms with van der Waals surface area (Å²) < 4.78 is 5.30. The van der Waals surface area contributed by atoms with E-state index in [1.165, 1.54) is 5.56 Å². The maximum absolute atomic E-state index is 12.4. The van der Waals surface area contributed by atoms with Gasteiger partial charge in [-0.15, -0.1) is 0 Å². The predicted molar refractivity (Wildman–Crippen MR) is 76.5 cm³/mol. The van der Waals surface area contributed by atoms with Gasteiger partial charge in [-0.1, -0.05) is 12.1 Å². The first-order valence-corrected chi connectivity index (χ1v) is 6.88. The van der Waals surface area contributed by atoms with Gasteiger partial charge in [-0.25, -0.2) is 0 Å². The van der Waals surface area contributed by atoms with Crippen molar-refractivity contribution < 1.29 is 9.53 Å². The third-order valence-electron chi connectivity index (χ3n) is 3.39. The Bertz CT molecular complexity index is 428. The summed E-state index contributed by atoms with van der Waals surface area (Å²) in [6, 6.07) is 8.09. The summed E-state index contributed by atoms with van der Waals surface area (Å²) in [5.74, 6) is 0.162. The molecule has 0 N–H and O–H groups in total. The van der Waals surface area contributed by atoms with Crippen LogP contribution in [0.5, 0.6) is 0 Å². The van der Waals surface area contributed by atoms with Crippen LogP contribution in [-0.2, 0) is 9.53 Å². The van der Waals surface area contributed by atoms with Gasteiger partial charge in [0.25, 0.3) is 0 Å². The van der Waals surface area contributed by atoms with Gasteiger partial charge >= 0.3 is 0 Å². The number of amides is 1. The van der Waals surface area contributed by atoms with Crippen molar-refractivity contribution in [3.05, 3.63) is 29.8 Å². The summed E-state index contributed by atoms with van der Waals surface area (Å²) >= 11 is 0. The Hall–Kier alpha value is -1.39. The molecule has 1 aliphatic rings. The van der Waals surface area contributed by atoms with Crippen molar-refractivity contribution in [3.63, 3.8) is 0 Å². The van der Waals surface area contributed by atoms with Gasteiger partial charge in [0.1, 0.15) is 0 Å². The van der Waals surface area contributed by atoms with Crippen LogP contribution in [0.4, 0.5) is 5.69 Å². The average molecular weight is 262 g/mol. The number of carbonyl (C=O) groups excluding carboxylic acids is 1.